The van der Waals surface area contributed by atoms with Gasteiger partial charge in [0.1, 0.15) is 5.75 Å². The van der Waals surface area contributed by atoms with Crippen LogP contribution in [0.25, 0.3) is 0 Å². The number of benzene rings is 1. The zero-order valence-corrected chi connectivity index (χ0v) is 12.7. The number of carbonyl (C=O) groups is 1. The maximum atomic E-state index is 11.5. The molecule has 0 saturated heterocycles. The van der Waals surface area contributed by atoms with Gasteiger partial charge in [-0.3, -0.25) is 4.79 Å². The van der Waals surface area contributed by atoms with E-state index < -0.39 is 21.7 Å². The average Bonchev–Trinajstić information content (AvgIpc) is 2.42. The van der Waals surface area contributed by atoms with Crippen molar-refractivity contribution in [3.63, 3.8) is 0 Å². The smallest absolute Gasteiger partial charge is 0.320 e. The number of carboxylic acids is 1. The summed E-state index contributed by atoms with van der Waals surface area (Å²) in [5.41, 5.74) is 0.490. The first-order valence-electron chi connectivity index (χ1n) is 5.81. The SMILES string of the molecule is COc1cc(OC)c(OC)cc1CNS(=O)(=O)CC(=O)O. The van der Waals surface area contributed by atoms with Crippen molar-refractivity contribution in [1.82, 2.24) is 4.72 Å². The number of rotatable bonds is 8. The molecule has 0 spiro atoms. The van der Waals surface area contributed by atoms with Crippen LogP contribution in [0.2, 0.25) is 0 Å². The number of hydrogen-bond acceptors (Lipinski definition) is 6. The Balaban J connectivity index is 3.00. The molecule has 8 nitrogen and oxygen atoms in total. The second-order valence-electron chi connectivity index (χ2n) is 3.99. The van der Waals surface area contributed by atoms with Crippen molar-refractivity contribution >= 4 is 16.0 Å². The average molecular weight is 319 g/mol. The van der Waals surface area contributed by atoms with E-state index in [-0.39, 0.29) is 6.54 Å². The minimum Gasteiger partial charge on any atom is -0.496 e. The van der Waals surface area contributed by atoms with Crippen LogP contribution < -0.4 is 18.9 Å². The Morgan fingerprint density at radius 1 is 1.10 bits per heavy atom. The van der Waals surface area contributed by atoms with Crippen LogP contribution in [0.1, 0.15) is 5.56 Å². The van der Waals surface area contributed by atoms with E-state index in [4.69, 9.17) is 19.3 Å². The Morgan fingerprint density at radius 3 is 2.10 bits per heavy atom. The Morgan fingerprint density at radius 2 is 1.62 bits per heavy atom. The lowest BCUT2D eigenvalue weighted by Gasteiger charge is -2.14. The number of sulfonamides is 1. The second-order valence-corrected chi connectivity index (χ2v) is 5.80. The molecule has 2 N–H and O–H groups in total. The molecule has 0 bridgehead atoms. The van der Waals surface area contributed by atoms with Gasteiger partial charge in [0, 0.05) is 18.2 Å². The number of hydrogen-bond donors (Lipinski definition) is 2. The molecule has 0 radical (unpaired) electrons. The molecule has 1 rings (SSSR count). The van der Waals surface area contributed by atoms with Crippen molar-refractivity contribution in [2.45, 2.75) is 6.54 Å². The van der Waals surface area contributed by atoms with Gasteiger partial charge in [-0.05, 0) is 6.07 Å². The van der Waals surface area contributed by atoms with Gasteiger partial charge in [0.05, 0.1) is 21.3 Å². The Labute approximate surface area is 122 Å². The molecule has 0 amide bonds. The lowest BCUT2D eigenvalue weighted by atomic mass is 10.1. The van der Waals surface area contributed by atoms with Gasteiger partial charge in [-0.2, -0.15) is 0 Å². The third-order valence-electron chi connectivity index (χ3n) is 2.58. The van der Waals surface area contributed by atoms with Crippen LogP contribution >= 0.6 is 0 Å². The molecule has 0 aromatic heterocycles. The van der Waals surface area contributed by atoms with Gasteiger partial charge in [-0.1, -0.05) is 0 Å². The molecule has 0 unspecified atom stereocenters. The Kier molecular flexibility index (Phi) is 5.79. The summed E-state index contributed by atoms with van der Waals surface area (Å²) in [4.78, 5) is 10.5. The van der Waals surface area contributed by atoms with Crippen molar-refractivity contribution < 1.29 is 32.5 Å². The van der Waals surface area contributed by atoms with Crippen LogP contribution in [0, 0.1) is 0 Å². The predicted octanol–water partition coefficient (Wildman–Crippen LogP) is 0.216. The number of carboxylic acid groups (broad SMARTS) is 1. The van der Waals surface area contributed by atoms with Gasteiger partial charge in [0.25, 0.3) is 0 Å². The van der Waals surface area contributed by atoms with Crippen molar-refractivity contribution in [1.29, 1.82) is 0 Å². The highest BCUT2D eigenvalue weighted by Crippen LogP contribution is 2.34. The maximum Gasteiger partial charge on any atom is 0.320 e. The molecule has 0 saturated carbocycles. The standard InChI is InChI=1S/C12H17NO7S/c1-18-9-5-11(20-3)10(19-2)4-8(9)6-13-21(16,17)7-12(14)15/h4-5,13H,6-7H2,1-3H3,(H,14,15). The molecule has 118 valence electrons. The van der Waals surface area contributed by atoms with Gasteiger partial charge in [-0.25, -0.2) is 13.1 Å². The zero-order valence-electron chi connectivity index (χ0n) is 11.9. The molecule has 1 aromatic carbocycles. The Bertz CT molecular complexity index is 612. The number of nitrogens with one attached hydrogen (secondary N) is 1. The molecule has 0 atom stereocenters. The third kappa shape index (κ3) is 4.80. The third-order valence-corrected chi connectivity index (χ3v) is 3.79. The molecule has 9 heteroatoms. The minimum atomic E-state index is -3.92. The maximum absolute atomic E-state index is 11.5. The highest BCUT2D eigenvalue weighted by atomic mass is 32.2. The van der Waals surface area contributed by atoms with E-state index in [1.54, 1.807) is 12.1 Å². The number of methoxy groups -OCH3 is 3. The van der Waals surface area contributed by atoms with Crippen molar-refractivity contribution in [3.8, 4) is 17.2 Å². The molecular weight excluding hydrogens is 302 g/mol. The van der Waals surface area contributed by atoms with E-state index in [9.17, 15) is 13.2 Å². The number of ether oxygens (including phenoxy) is 3. The zero-order chi connectivity index (χ0) is 16.0. The molecule has 0 fully saturated rings. The van der Waals surface area contributed by atoms with Crippen LogP contribution in [0.15, 0.2) is 12.1 Å². The fraction of sp³-hybridized carbons (Fsp3) is 0.417. The summed E-state index contributed by atoms with van der Waals surface area (Å²) < 4.78 is 40.6. The first-order chi connectivity index (χ1) is 9.82. The Hall–Kier alpha value is -2.00. The number of aliphatic carboxylic acids is 1. The summed E-state index contributed by atoms with van der Waals surface area (Å²) in [7, 11) is 0.423. The fourth-order valence-corrected chi connectivity index (χ4v) is 2.43. The summed E-state index contributed by atoms with van der Waals surface area (Å²) in [6.45, 7) is -0.126. The quantitative estimate of drug-likeness (QED) is 0.705. The van der Waals surface area contributed by atoms with Crippen molar-refractivity contribution in [2.75, 3.05) is 27.1 Å². The largest absolute Gasteiger partial charge is 0.496 e. The fourth-order valence-electron chi connectivity index (χ4n) is 1.63. The molecule has 0 heterocycles. The predicted molar refractivity (Wildman–Crippen MR) is 74.4 cm³/mol. The summed E-state index contributed by atoms with van der Waals surface area (Å²) >= 11 is 0. The molecule has 0 aliphatic heterocycles. The first-order valence-corrected chi connectivity index (χ1v) is 7.46. The lowest BCUT2D eigenvalue weighted by molar-refractivity contribution is -0.134. The summed E-state index contributed by atoms with van der Waals surface area (Å²) in [5.74, 6) is -1.19. The van der Waals surface area contributed by atoms with E-state index in [1.807, 2.05) is 0 Å². The van der Waals surface area contributed by atoms with E-state index in [2.05, 4.69) is 4.72 Å². The highest BCUT2D eigenvalue weighted by molar-refractivity contribution is 7.90. The molecule has 21 heavy (non-hydrogen) atoms. The minimum absolute atomic E-state index is 0.126. The summed E-state index contributed by atoms with van der Waals surface area (Å²) in [6.07, 6.45) is 0. The summed E-state index contributed by atoms with van der Waals surface area (Å²) in [6, 6.07) is 3.11. The van der Waals surface area contributed by atoms with Crippen LogP contribution in [-0.4, -0.2) is 46.6 Å². The van der Waals surface area contributed by atoms with Gasteiger partial charge >= 0.3 is 5.97 Å². The second kappa shape index (κ2) is 7.14. The van der Waals surface area contributed by atoms with Crippen LogP contribution in [-0.2, 0) is 21.4 Å². The van der Waals surface area contributed by atoms with E-state index in [0.29, 0.717) is 22.8 Å². The van der Waals surface area contributed by atoms with Crippen molar-refractivity contribution in [2.24, 2.45) is 0 Å². The van der Waals surface area contributed by atoms with Crippen LogP contribution in [0.4, 0.5) is 0 Å². The van der Waals surface area contributed by atoms with E-state index in [1.165, 1.54) is 21.3 Å². The molecule has 1 aromatic rings. The summed E-state index contributed by atoms with van der Waals surface area (Å²) in [5, 5.41) is 8.52. The highest BCUT2D eigenvalue weighted by Gasteiger charge is 2.17. The van der Waals surface area contributed by atoms with Gasteiger partial charge < -0.3 is 19.3 Å². The lowest BCUT2D eigenvalue weighted by Crippen LogP contribution is -2.29. The molecular formula is C12H17NO7S. The van der Waals surface area contributed by atoms with E-state index >= 15 is 0 Å². The van der Waals surface area contributed by atoms with Crippen LogP contribution in [0.5, 0.6) is 17.2 Å². The normalized spacial score (nSPS) is 11.0. The monoisotopic (exact) mass is 319 g/mol. The van der Waals surface area contributed by atoms with E-state index in [0.717, 1.165) is 0 Å². The first kappa shape index (κ1) is 17.1. The van der Waals surface area contributed by atoms with Gasteiger partial charge in [0.2, 0.25) is 10.0 Å². The topological polar surface area (TPSA) is 111 Å². The van der Waals surface area contributed by atoms with Gasteiger partial charge in [-0.15, -0.1) is 0 Å². The van der Waals surface area contributed by atoms with Gasteiger partial charge in [0.15, 0.2) is 17.3 Å². The van der Waals surface area contributed by atoms with Crippen molar-refractivity contribution in [3.05, 3.63) is 17.7 Å². The van der Waals surface area contributed by atoms with Crippen LogP contribution in [0.3, 0.4) is 0 Å². The molecule has 0 aliphatic carbocycles. The molecule has 0 aliphatic rings.